The fraction of sp³-hybridized carbons (Fsp3) is 0.0588. The molecular formula is C17H13ClFN3O. The van der Waals surface area contributed by atoms with Crippen molar-refractivity contribution in [3.63, 3.8) is 0 Å². The van der Waals surface area contributed by atoms with Gasteiger partial charge in [0.1, 0.15) is 17.5 Å². The Morgan fingerprint density at radius 1 is 1.22 bits per heavy atom. The summed E-state index contributed by atoms with van der Waals surface area (Å²) in [7, 11) is 0. The first kappa shape index (κ1) is 16.5. The van der Waals surface area contributed by atoms with E-state index in [1.54, 1.807) is 6.07 Å². The second kappa shape index (κ2) is 7.97. The lowest BCUT2D eigenvalue weighted by Crippen LogP contribution is -2.16. The summed E-state index contributed by atoms with van der Waals surface area (Å²) in [6, 6.07) is 14.4. The van der Waals surface area contributed by atoms with E-state index in [-0.39, 0.29) is 5.57 Å². The molecule has 0 spiro atoms. The van der Waals surface area contributed by atoms with Crippen LogP contribution in [-0.4, -0.2) is 5.91 Å². The molecule has 1 amide bonds. The first-order valence-corrected chi connectivity index (χ1v) is 7.12. The lowest BCUT2D eigenvalue weighted by Gasteiger charge is -2.06. The molecule has 0 unspecified atom stereocenters. The number of carbonyl (C=O) groups is 1. The van der Waals surface area contributed by atoms with Gasteiger partial charge in [-0.15, -0.1) is 0 Å². The van der Waals surface area contributed by atoms with Crippen LogP contribution >= 0.6 is 11.6 Å². The Hall–Kier alpha value is -2.84. The molecule has 116 valence electrons. The van der Waals surface area contributed by atoms with Gasteiger partial charge in [-0.25, -0.2) is 4.39 Å². The quantitative estimate of drug-likeness (QED) is 0.650. The average Bonchev–Trinajstić information content (AvgIpc) is 2.55. The van der Waals surface area contributed by atoms with E-state index < -0.39 is 11.7 Å². The molecule has 0 aliphatic rings. The third-order valence-electron chi connectivity index (χ3n) is 2.96. The highest BCUT2D eigenvalue weighted by Crippen LogP contribution is 2.14. The molecule has 2 aromatic rings. The van der Waals surface area contributed by atoms with Crippen LogP contribution < -0.4 is 10.6 Å². The van der Waals surface area contributed by atoms with Crippen molar-refractivity contribution in [3.05, 3.63) is 76.7 Å². The third-order valence-corrected chi connectivity index (χ3v) is 3.33. The number of hydrogen-bond acceptors (Lipinski definition) is 3. The van der Waals surface area contributed by atoms with E-state index in [9.17, 15) is 9.18 Å². The molecule has 4 nitrogen and oxygen atoms in total. The number of anilines is 1. The summed E-state index contributed by atoms with van der Waals surface area (Å²) >= 11 is 6.02. The van der Waals surface area contributed by atoms with E-state index in [4.69, 9.17) is 16.9 Å². The molecule has 0 saturated carbocycles. The van der Waals surface area contributed by atoms with E-state index in [0.717, 1.165) is 5.56 Å². The molecule has 0 atom stereocenters. The normalized spacial score (nSPS) is 10.7. The predicted octanol–water partition coefficient (Wildman–Crippen LogP) is 3.61. The molecule has 0 radical (unpaired) electrons. The van der Waals surface area contributed by atoms with Gasteiger partial charge in [-0.2, -0.15) is 5.26 Å². The van der Waals surface area contributed by atoms with Gasteiger partial charge >= 0.3 is 0 Å². The summed E-state index contributed by atoms with van der Waals surface area (Å²) in [6.45, 7) is 0.384. The van der Waals surface area contributed by atoms with Gasteiger partial charge in [-0.1, -0.05) is 29.8 Å². The molecule has 6 heteroatoms. The number of halogens is 2. The van der Waals surface area contributed by atoms with Gasteiger partial charge in [0.15, 0.2) is 0 Å². The zero-order valence-electron chi connectivity index (χ0n) is 12.0. The minimum atomic E-state index is -0.578. The minimum absolute atomic E-state index is 0.0959. The lowest BCUT2D eigenvalue weighted by atomic mass is 10.2. The van der Waals surface area contributed by atoms with Gasteiger partial charge in [0.05, 0.1) is 0 Å². The number of amides is 1. The number of nitrogens with zero attached hydrogens (tertiary/aromatic N) is 1. The molecule has 0 saturated heterocycles. The topological polar surface area (TPSA) is 64.9 Å². The lowest BCUT2D eigenvalue weighted by molar-refractivity contribution is -0.112. The maximum Gasteiger partial charge on any atom is 0.267 e. The minimum Gasteiger partial charge on any atom is -0.386 e. The highest BCUT2D eigenvalue weighted by atomic mass is 35.5. The molecule has 23 heavy (non-hydrogen) atoms. The van der Waals surface area contributed by atoms with Crippen LogP contribution in [0.1, 0.15) is 5.56 Å². The fourth-order valence-electron chi connectivity index (χ4n) is 1.79. The molecule has 0 aliphatic heterocycles. The van der Waals surface area contributed by atoms with Crippen LogP contribution in [0.2, 0.25) is 5.02 Å². The van der Waals surface area contributed by atoms with Gasteiger partial charge in [-0.05, 0) is 35.9 Å². The molecule has 0 aliphatic carbocycles. The smallest absolute Gasteiger partial charge is 0.267 e. The van der Waals surface area contributed by atoms with Gasteiger partial charge in [0, 0.05) is 23.5 Å². The first-order valence-electron chi connectivity index (χ1n) is 6.74. The summed E-state index contributed by atoms with van der Waals surface area (Å²) < 4.78 is 12.8. The Kier molecular flexibility index (Phi) is 5.73. The Balaban J connectivity index is 1.98. The van der Waals surface area contributed by atoms with Crippen molar-refractivity contribution in [1.29, 1.82) is 5.26 Å². The van der Waals surface area contributed by atoms with E-state index in [2.05, 4.69) is 10.6 Å². The fourth-order valence-corrected chi connectivity index (χ4v) is 1.99. The SMILES string of the molecule is N#C/C(=C/NCc1ccccc1Cl)C(=O)Nc1ccc(F)cc1. The van der Waals surface area contributed by atoms with Crippen molar-refractivity contribution in [3.8, 4) is 6.07 Å². The van der Waals surface area contributed by atoms with Crippen molar-refractivity contribution >= 4 is 23.2 Å². The van der Waals surface area contributed by atoms with E-state index >= 15 is 0 Å². The van der Waals surface area contributed by atoms with Crippen LogP contribution in [0, 0.1) is 17.1 Å². The summed E-state index contributed by atoms with van der Waals surface area (Å²) in [5.41, 5.74) is 1.16. The van der Waals surface area contributed by atoms with Gasteiger partial charge in [0.2, 0.25) is 0 Å². The average molecular weight is 330 g/mol. The second-order valence-corrected chi connectivity index (χ2v) is 5.01. The highest BCUT2D eigenvalue weighted by molar-refractivity contribution is 6.31. The van der Waals surface area contributed by atoms with E-state index in [1.807, 2.05) is 24.3 Å². The largest absolute Gasteiger partial charge is 0.386 e. The Morgan fingerprint density at radius 3 is 2.57 bits per heavy atom. The predicted molar refractivity (Wildman–Crippen MR) is 87.0 cm³/mol. The molecule has 2 aromatic carbocycles. The van der Waals surface area contributed by atoms with Crippen LogP contribution in [0.25, 0.3) is 0 Å². The standard InChI is InChI=1S/C17H13ClFN3O/c18-16-4-2-1-3-12(16)10-21-11-13(9-20)17(23)22-15-7-5-14(19)6-8-15/h1-8,11,21H,10H2,(H,22,23)/b13-11-. The monoisotopic (exact) mass is 329 g/mol. The molecule has 0 bridgehead atoms. The van der Waals surface area contributed by atoms with Crippen molar-refractivity contribution in [1.82, 2.24) is 5.32 Å². The zero-order chi connectivity index (χ0) is 16.7. The van der Waals surface area contributed by atoms with Crippen molar-refractivity contribution in [2.24, 2.45) is 0 Å². The Labute approximate surface area is 138 Å². The van der Waals surface area contributed by atoms with Crippen molar-refractivity contribution in [2.45, 2.75) is 6.54 Å². The number of carbonyl (C=O) groups excluding carboxylic acids is 1. The van der Waals surface area contributed by atoms with Gasteiger partial charge < -0.3 is 10.6 Å². The molecule has 2 N–H and O–H groups in total. The Bertz CT molecular complexity index is 766. The van der Waals surface area contributed by atoms with E-state index in [1.165, 1.54) is 30.5 Å². The number of nitriles is 1. The van der Waals surface area contributed by atoms with Crippen molar-refractivity contribution < 1.29 is 9.18 Å². The number of nitrogens with one attached hydrogen (secondary N) is 2. The van der Waals surface area contributed by atoms with Crippen LogP contribution in [0.4, 0.5) is 10.1 Å². The van der Waals surface area contributed by atoms with Crippen LogP contribution in [-0.2, 0) is 11.3 Å². The van der Waals surface area contributed by atoms with Gasteiger partial charge in [-0.3, -0.25) is 4.79 Å². The summed E-state index contributed by atoms with van der Waals surface area (Å²) in [5.74, 6) is -0.980. The molecule has 0 heterocycles. The van der Waals surface area contributed by atoms with Crippen LogP contribution in [0.15, 0.2) is 60.3 Å². The summed E-state index contributed by atoms with van der Waals surface area (Å²) in [6.07, 6.45) is 1.32. The molecule has 2 rings (SSSR count). The third kappa shape index (κ3) is 4.83. The Morgan fingerprint density at radius 2 is 1.91 bits per heavy atom. The van der Waals surface area contributed by atoms with E-state index in [0.29, 0.717) is 17.3 Å². The highest BCUT2D eigenvalue weighted by Gasteiger charge is 2.09. The van der Waals surface area contributed by atoms with Crippen molar-refractivity contribution in [2.75, 3.05) is 5.32 Å². The number of benzene rings is 2. The second-order valence-electron chi connectivity index (χ2n) is 4.60. The van der Waals surface area contributed by atoms with Gasteiger partial charge in [0.25, 0.3) is 5.91 Å². The molecule has 0 fully saturated rings. The summed E-state index contributed by atoms with van der Waals surface area (Å²) in [4.78, 5) is 12.0. The number of hydrogen-bond donors (Lipinski definition) is 2. The first-order chi connectivity index (χ1) is 11.1. The zero-order valence-corrected chi connectivity index (χ0v) is 12.8. The number of rotatable bonds is 5. The van der Waals surface area contributed by atoms with Crippen LogP contribution in [0.5, 0.6) is 0 Å². The maximum absolute atomic E-state index is 12.8. The van der Waals surface area contributed by atoms with Crippen LogP contribution in [0.3, 0.4) is 0 Å². The molecular weight excluding hydrogens is 317 g/mol. The summed E-state index contributed by atoms with van der Waals surface area (Å²) in [5, 5.41) is 15.1. The molecule has 0 aromatic heterocycles. The maximum atomic E-state index is 12.8.